The lowest BCUT2D eigenvalue weighted by Crippen LogP contribution is -2.24. The lowest BCUT2D eigenvalue weighted by atomic mass is 10.2. The molecule has 0 atom stereocenters. The zero-order valence-electron chi connectivity index (χ0n) is 12.5. The van der Waals surface area contributed by atoms with E-state index in [9.17, 15) is 8.42 Å². The molecular formula is C12H20N6O2S. The van der Waals surface area contributed by atoms with Gasteiger partial charge in [0.15, 0.2) is 0 Å². The Bertz CT molecular complexity index is 716. The molecule has 0 saturated heterocycles. The molecule has 0 radical (unpaired) electrons. The Morgan fingerprint density at radius 2 is 2.14 bits per heavy atom. The van der Waals surface area contributed by atoms with E-state index in [4.69, 9.17) is 0 Å². The number of aromatic amines is 1. The summed E-state index contributed by atoms with van der Waals surface area (Å²) in [7, 11) is -2.03. The molecule has 0 saturated carbocycles. The number of anilines is 1. The molecule has 2 rings (SSSR count). The first kappa shape index (κ1) is 15.5. The number of aryl methyl sites for hydroxylation is 2. The van der Waals surface area contributed by atoms with Crippen molar-refractivity contribution in [3.8, 4) is 0 Å². The predicted molar refractivity (Wildman–Crippen MR) is 79.3 cm³/mol. The van der Waals surface area contributed by atoms with Crippen LogP contribution in [0.1, 0.15) is 25.1 Å². The van der Waals surface area contributed by atoms with Gasteiger partial charge in [0.1, 0.15) is 0 Å². The summed E-state index contributed by atoms with van der Waals surface area (Å²) in [4.78, 5) is 0. The molecule has 0 amide bonds. The minimum absolute atomic E-state index is 0.0111. The van der Waals surface area contributed by atoms with Crippen molar-refractivity contribution >= 4 is 15.7 Å². The first-order valence-electron chi connectivity index (χ1n) is 6.58. The lowest BCUT2D eigenvalue weighted by molar-refractivity contribution is 0.574. The summed E-state index contributed by atoms with van der Waals surface area (Å²) in [6.45, 7) is 6.23. The van der Waals surface area contributed by atoms with Crippen molar-refractivity contribution in [2.24, 2.45) is 7.05 Å². The highest BCUT2D eigenvalue weighted by Crippen LogP contribution is 2.19. The highest BCUT2D eigenvalue weighted by Gasteiger charge is 2.24. The minimum atomic E-state index is -3.74. The van der Waals surface area contributed by atoms with Crippen LogP contribution >= 0.6 is 0 Å². The Morgan fingerprint density at radius 1 is 1.43 bits per heavy atom. The molecule has 0 aliphatic carbocycles. The number of hydrogen-bond donors (Lipinski definition) is 3. The van der Waals surface area contributed by atoms with Gasteiger partial charge in [0.25, 0.3) is 10.0 Å². The maximum Gasteiger partial charge on any atom is 0.281 e. The number of nitrogens with zero attached hydrogens (tertiary/aromatic N) is 3. The molecule has 0 aliphatic heterocycles. The van der Waals surface area contributed by atoms with E-state index in [-0.39, 0.29) is 11.1 Å². The standard InChI is InChI=1S/C12H20N6O2S/c1-8(2)13-6-11-9(3)15-16-12(11)21(19,20)17-10-5-14-18(4)7-10/h5,7-8,13,17H,6H2,1-4H3,(H,15,16). The van der Waals surface area contributed by atoms with Crippen molar-refractivity contribution in [3.05, 3.63) is 23.7 Å². The molecule has 21 heavy (non-hydrogen) atoms. The molecule has 2 aromatic heterocycles. The Morgan fingerprint density at radius 3 is 2.71 bits per heavy atom. The maximum atomic E-state index is 12.4. The van der Waals surface area contributed by atoms with Gasteiger partial charge in [-0.05, 0) is 6.92 Å². The molecular weight excluding hydrogens is 292 g/mol. The molecule has 9 heteroatoms. The molecule has 0 bridgehead atoms. The summed E-state index contributed by atoms with van der Waals surface area (Å²) in [6, 6.07) is 0.251. The van der Waals surface area contributed by atoms with Gasteiger partial charge in [-0.2, -0.15) is 18.6 Å². The van der Waals surface area contributed by atoms with E-state index >= 15 is 0 Å². The first-order valence-corrected chi connectivity index (χ1v) is 8.06. The van der Waals surface area contributed by atoms with E-state index in [1.54, 1.807) is 20.2 Å². The monoisotopic (exact) mass is 312 g/mol. The molecule has 0 aliphatic rings. The van der Waals surface area contributed by atoms with Gasteiger partial charge in [-0.15, -0.1) is 0 Å². The zero-order valence-corrected chi connectivity index (χ0v) is 13.3. The molecule has 3 N–H and O–H groups in total. The number of rotatable bonds is 6. The number of sulfonamides is 1. The van der Waals surface area contributed by atoms with Gasteiger partial charge in [0, 0.05) is 37.1 Å². The molecule has 0 fully saturated rings. The Labute approximate surface area is 124 Å². The van der Waals surface area contributed by atoms with E-state index in [1.807, 2.05) is 13.8 Å². The largest absolute Gasteiger partial charge is 0.310 e. The molecule has 8 nitrogen and oxygen atoms in total. The highest BCUT2D eigenvalue weighted by molar-refractivity contribution is 7.92. The molecule has 116 valence electrons. The van der Waals surface area contributed by atoms with Crippen LogP contribution in [-0.4, -0.2) is 34.4 Å². The van der Waals surface area contributed by atoms with Crippen molar-refractivity contribution in [1.82, 2.24) is 25.3 Å². The van der Waals surface area contributed by atoms with Crippen molar-refractivity contribution in [1.29, 1.82) is 0 Å². The highest BCUT2D eigenvalue weighted by atomic mass is 32.2. The van der Waals surface area contributed by atoms with E-state index in [0.29, 0.717) is 17.8 Å². The van der Waals surface area contributed by atoms with E-state index in [0.717, 1.165) is 5.69 Å². The summed E-state index contributed by atoms with van der Waals surface area (Å²) < 4.78 is 28.9. The average molecular weight is 312 g/mol. The van der Waals surface area contributed by atoms with Crippen LogP contribution in [0.4, 0.5) is 5.69 Å². The smallest absolute Gasteiger partial charge is 0.281 e. The minimum Gasteiger partial charge on any atom is -0.310 e. The fourth-order valence-electron chi connectivity index (χ4n) is 1.84. The van der Waals surface area contributed by atoms with Crippen LogP contribution in [0.3, 0.4) is 0 Å². The van der Waals surface area contributed by atoms with Crippen LogP contribution in [0.15, 0.2) is 17.4 Å². The Kier molecular flexibility index (Phi) is 4.33. The van der Waals surface area contributed by atoms with Gasteiger partial charge in [-0.1, -0.05) is 13.8 Å². The third-order valence-electron chi connectivity index (χ3n) is 2.93. The van der Waals surface area contributed by atoms with Crippen LogP contribution in [0.25, 0.3) is 0 Å². The van der Waals surface area contributed by atoms with Crippen molar-refractivity contribution in [3.63, 3.8) is 0 Å². The van der Waals surface area contributed by atoms with Crippen molar-refractivity contribution in [2.45, 2.75) is 38.4 Å². The second kappa shape index (κ2) is 5.86. The van der Waals surface area contributed by atoms with E-state index in [2.05, 4.69) is 25.3 Å². The maximum absolute atomic E-state index is 12.4. The Hall–Kier alpha value is -1.87. The summed E-state index contributed by atoms with van der Waals surface area (Å²) in [5.41, 5.74) is 1.77. The predicted octanol–water partition coefficient (Wildman–Crippen LogP) is 0.750. The molecule has 2 heterocycles. The van der Waals surface area contributed by atoms with Crippen molar-refractivity contribution < 1.29 is 8.42 Å². The van der Waals surface area contributed by atoms with Crippen LogP contribution in [0, 0.1) is 6.92 Å². The number of aromatic nitrogens is 4. The fraction of sp³-hybridized carbons (Fsp3) is 0.500. The fourth-order valence-corrected chi connectivity index (χ4v) is 3.07. The first-order chi connectivity index (χ1) is 9.79. The summed E-state index contributed by atoms with van der Waals surface area (Å²) in [5.74, 6) is 0. The zero-order chi connectivity index (χ0) is 15.6. The van der Waals surface area contributed by atoms with Gasteiger partial charge in [0.2, 0.25) is 5.03 Å². The van der Waals surface area contributed by atoms with Crippen LogP contribution in [0.2, 0.25) is 0 Å². The second-order valence-electron chi connectivity index (χ2n) is 5.18. The van der Waals surface area contributed by atoms with Gasteiger partial charge in [-0.3, -0.25) is 14.5 Å². The van der Waals surface area contributed by atoms with E-state index < -0.39 is 10.0 Å². The quantitative estimate of drug-likeness (QED) is 0.730. The third-order valence-corrected chi connectivity index (χ3v) is 4.29. The summed E-state index contributed by atoms with van der Waals surface area (Å²) in [5, 5.41) is 13.8. The van der Waals surface area contributed by atoms with Crippen LogP contribution in [0.5, 0.6) is 0 Å². The van der Waals surface area contributed by atoms with Gasteiger partial charge in [0.05, 0.1) is 11.9 Å². The van der Waals surface area contributed by atoms with Crippen LogP contribution in [-0.2, 0) is 23.6 Å². The topological polar surface area (TPSA) is 105 Å². The van der Waals surface area contributed by atoms with Crippen molar-refractivity contribution in [2.75, 3.05) is 4.72 Å². The number of hydrogen-bond acceptors (Lipinski definition) is 5. The third kappa shape index (κ3) is 3.61. The number of nitrogens with one attached hydrogen (secondary N) is 3. The van der Waals surface area contributed by atoms with E-state index in [1.165, 1.54) is 10.9 Å². The number of H-pyrrole nitrogens is 1. The molecule has 0 aromatic carbocycles. The van der Waals surface area contributed by atoms with Gasteiger partial charge in [-0.25, -0.2) is 0 Å². The molecule has 2 aromatic rings. The summed E-state index contributed by atoms with van der Waals surface area (Å²) in [6.07, 6.45) is 3.03. The normalized spacial score (nSPS) is 12.0. The Balaban J connectivity index is 2.27. The molecule has 0 unspecified atom stereocenters. The van der Waals surface area contributed by atoms with Crippen LogP contribution < -0.4 is 10.0 Å². The molecule has 0 spiro atoms. The average Bonchev–Trinajstić information content (AvgIpc) is 2.93. The lowest BCUT2D eigenvalue weighted by Gasteiger charge is -2.10. The summed E-state index contributed by atoms with van der Waals surface area (Å²) >= 11 is 0. The SMILES string of the molecule is Cc1[nH]nc(S(=O)(=O)Nc2cnn(C)c2)c1CNC(C)C. The van der Waals surface area contributed by atoms with Gasteiger partial charge >= 0.3 is 0 Å². The second-order valence-corrected chi connectivity index (χ2v) is 6.77. The van der Waals surface area contributed by atoms with Gasteiger partial charge < -0.3 is 5.32 Å².